The third kappa shape index (κ3) is 19.4. The van der Waals surface area contributed by atoms with Crippen molar-refractivity contribution in [3.63, 3.8) is 0 Å². The van der Waals surface area contributed by atoms with Crippen LogP contribution in [0.5, 0.6) is 51.7 Å². The fourth-order valence-electron chi connectivity index (χ4n) is 13.9. The summed E-state index contributed by atoms with van der Waals surface area (Å²) in [6.07, 6.45) is -16.0. The number of likely N-dealkylation sites (N-methyl/N-ethyl adjacent to an activating group) is 1. The first-order valence-corrected chi connectivity index (χ1v) is 37.4. The SMILES string of the molecule is CN[C@H](CC(C)C)C(=O)N[C@H]1C(=O)N[C@@H](CC(N)=O)C(=O)NC2C(=O)N[C@H]3C(=O)N[C@H](C(=O)NC(C(=O)NCCNC(=O)/C=C/c4ccc(OC)cc4)c4cc(O)cc(O)c4-c4cc3ccc4O)[C@H](O)c3ccc(c(Cl)c3)Oc3cc2cc(c3O[C@@H]2O[C@H](CO)[C@@H](O)[C@H](O)[C@H]2OC2C[C@](C)(N)[C@H](O)[C@H](C)O2)Oc2ccc(cc2Cl)[C@H]1O. The minimum Gasteiger partial charge on any atom is -0.508 e. The van der Waals surface area contributed by atoms with Crippen LogP contribution in [0.1, 0.15) is 111 Å². The number of nitrogens with one attached hydrogen (secondary N) is 9. The molecule has 0 spiro atoms. The lowest BCUT2D eigenvalue weighted by Gasteiger charge is -2.47. The molecular weight excluding hydrogens is 1560 g/mol. The van der Waals surface area contributed by atoms with Gasteiger partial charge in [0.15, 0.2) is 23.9 Å². The number of halogens is 2. The van der Waals surface area contributed by atoms with Crippen LogP contribution >= 0.6 is 23.2 Å². The zero-order chi connectivity index (χ0) is 84.0. The predicted octanol–water partition coefficient (Wildman–Crippen LogP) is 0.976. The van der Waals surface area contributed by atoms with Gasteiger partial charge in [-0.1, -0.05) is 67.4 Å². The molecule has 22 N–H and O–H groups in total. The largest absolute Gasteiger partial charge is 0.508 e. The molecule has 620 valence electrons. The first kappa shape index (κ1) is 85.9. The first-order chi connectivity index (χ1) is 55.0. The van der Waals surface area contributed by atoms with E-state index in [1.165, 1.54) is 58.4 Å². The Balaban J connectivity index is 1.10. The molecule has 38 heteroatoms. The lowest BCUT2D eigenvalue weighted by molar-refractivity contribution is -0.333. The zero-order valence-electron chi connectivity index (χ0n) is 63.1. The normalized spacial score (nSPS) is 27.1. The molecule has 0 saturated carbocycles. The molecule has 116 heavy (non-hydrogen) atoms. The van der Waals surface area contributed by atoms with Crippen molar-refractivity contribution in [3.8, 4) is 62.9 Å². The Bertz CT molecular complexity index is 4770. The number of ether oxygens (including phenoxy) is 7. The summed E-state index contributed by atoms with van der Waals surface area (Å²) in [5.74, 6) is -15.2. The fraction of sp³-hybridized carbons (Fsp3) is 0.397. The molecule has 18 atom stereocenters. The van der Waals surface area contributed by atoms with Crippen LogP contribution in [0.3, 0.4) is 0 Å². The number of phenolic OH excluding ortho intramolecular Hbond substituents is 3. The second-order valence-electron chi connectivity index (χ2n) is 29.1. The molecule has 0 radical (unpaired) electrons. The van der Waals surface area contributed by atoms with Gasteiger partial charge in [-0.2, -0.15) is 0 Å². The predicted molar refractivity (Wildman–Crippen MR) is 410 cm³/mol. The lowest BCUT2D eigenvalue weighted by Crippen LogP contribution is -2.64. The van der Waals surface area contributed by atoms with Crippen LogP contribution < -0.4 is 78.3 Å². The number of fused-ring (bicyclic) bond motifs is 15. The Morgan fingerprint density at radius 2 is 1.32 bits per heavy atom. The Kier molecular flexibility index (Phi) is 27.0. The molecule has 36 nitrogen and oxygen atoms in total. The summed E-state index contributed by atoms with van der Waals surface area (Å²) in [5, 5.41) is 127. The van der Waals surface area contributed by atoms with Crippen molar-refractivity contribution in [2.24, 2.45) is 17.4 Å². The number of aliphatic hydroxyl groups is 6. The first-order valence-electron chi connectivity index (χ1n) is 36.7. The van der Waals surface area contributed by atoms with Gasteiger partial charge in [0.1, 0.15) is 101 Å². The molecule has 0 aromatic heterocycles. The summed E-state index contributed by atoms with van der Waals surface area (Å²) < 4.78 is 43.8. The summed E-state index contributed by atoms with van der Waals surface area (Å²) in [7, 11) is 2.97. The number of carbonyl (C=O) groups excluding carboxylic acids is 9. The third-order valence-electron chi connectivity index (χ3n) is 20.1. The molecule has 7 heterocycles. The molecule has 7 aliphatic heterocycles. The summed E-state index contributed by atoms with van der Waals surface area (Å²) >= 11 is 14.3. The van der Waals surface area contributed by atoms with Crippen molar-refractivity contribution < 1.29 is 122 Å². The highest BCUT2D eigenvalue weighted by molar-refractivity contribution is 6.32. The Morgan fingerprint density at radius 3 is 1.93 bits per heavy atom. The Labute approximate surface area is 672 Å². The zero-order valence-corrected chi connectivity index (χ0v) is 64.6. The van der Waals surface area contributed by atoms with E-state index in [0.717, 1.165) is 60.7 Å². The number of aromatic hydroxyl groups is 3. The van der Waals surface area contributed by atoms with Gasteiger partial charge in [-0.05, 0) is 139 Å². The van der Waals surface area contributed by atoms with Gasteiger partial charge in [-0.25, -0.2) is 0 Å². The molecule has 6 aromatic rings. The monoisotopic (exact) mass is 1650 g/mol. The molecule has 6 aromatic carbocycles. The number of carbonyl (C=O) groups is 9. The van der Waals surface area contributed by atoms with Crippen molar-refractivity contribution in [1.82, 2.24) is 47.9 Å². The Hall–Kier alpha value is -11.0. The number of methoxy groups -OCH3 is 1. The minimum atomic E-state index is -2.37. The van der Waals surface area contributed by atoms with Gasteiger partial charge < -0.3 is 138 Å². The number of benzene rings is 6. The standard InChI is InChI=1S/C78H89Cl2N11O25/c1-32(2)21-45(83-5)70(103)90-61-63(98)36-11-16-49(43(79)23-36)112-51-25-38-26-52(67(51)116-77-68(66(101)65(100)53(31-92)114-77)115-56-30-78(4,82)69(102)33(3)111-56)113-50-17-12-37(24-44(50)80)64(99)62-76(109)89-60(72(105)85-20-19-84-55(97)18-9-34-7-13-40(110-6)14-8-34)42-27-39(93)28-48(95)57(42)41-22-35(10-15-47(41)94)58(73(106)91-62)88-74(107)59(38)87-71(104)46(29-54(81)96)86-75(61)108/h7-18,22-28,32-33,45-46,53,56,58-66,68-69,77,83,92-95,98-102H,19-21,29-31,82H2,1-6H3,(H2,81,96)(H,84,97)(H,85,105)(H,86,108)(H,87,104)(H,88,107)(H,89,109)(H,90,103)(H,91,106)/b18-9+/t33-,45+,46-,53+,56?,58+,59?,60?,61+,62-,63+,64+,65+,66-,68+,69+,77-,78-/m0/s1. The van der Waals surface area contributed by atoms with E-state index < -0.39 is 243 Å². The number of rotatable bonds is 19. The number of hydrogen-bond acceptors (Lipinski definition) is 27. The highest BCUT2D eigenvalue weighted by Gasteiger charge is 2.52. The second kappa shape index (κ2) is 36.5. The van der Waals surface area contributed by atoms with Crippen LogP contribution in [-0.4, -0.2) is 212 Å². The minimum absolute atomic E-state index is 0.108. The lowest BCUT2D eigenvalue weighted by atomic mass is 9.86. The Morgan fingerprint density at radius 1 is 0.698 bits per heavy atom. The summed E-state index contributed by atoms with van der Waals surface area (Å²) in [5.41, 5.74) is 8.94. The van der Waals surface area contributed by atoms with Crippen LogP contribution in [0.2, 0.25) is 10.0 Å². The van der Waals surface area contributed by atoms with E-state index in [0.29, 0.717) is 11.3 Å². The van der Waals surface area contributed by atoms with Gasteiger partial charge in [0.05, 0.1) is 48.4 Å². The van der Waals surface area contributed by atoms with Crippen molar-refractivity contribution >= 4 is 82.4 Å². The van der Waals surface area contributed by atoms with Gasteiger partial charge in [0.25, 0.3) is 0 Å². The average Bonchev–Trinajstić information content (AvgIpc) is 0.766. The van der Waals surface area contributed by atoms with Crippen LogP contribution in [0.15, 0.2) is 109 Å². The molecular formula is C78H89Cl2N11O25. The van der Waals surface area contributed by atoms with Gasteiger partial charge in [-0.3, -0.25) is 43.2 Å². The molecule has 13 rings (SSSR count). The average molecular weight is 1650 g/mol. The van der Waals surface area contributed by atoms with E-state index >= 15 is 19.2 Å². The van der Waals surface area contributed by atoms with Crippen LogP contribution in [0.25, 0.3) is 17.2 Å². The maximum atomic E-state index is 16.3. The van der Waals surface area contributed by atoms with Gasteiger partial charge in [-0.15, -0.1) is 0 Å². The topological polar surface area (TPSA) is 561 Å². The van der Waals surface area contributed by atoms with Crippen LogP contribution in [0.4, 0.5) is 0 Å². The highest BCUT2D eigenvalue weighted by Crippen LogP contribution is 2.50. The van der Waals surface area contributed by atoms with E-state index in [1.54, 1.807) is 24.3 Å². The molecule has 2 saturated heterocycles. The van der Waals surface area contributed by atoms with Crippen molar-refractivity contribution in [2.75, 3.05) is 33.9 Å². The molecule has 9 amide bonds. The van der Waals surface area contributed by atoms with E-state index in [9.17, 15) is 69.9 Å². The van der Waals surface area contributed by atoms with Crippen molar-refractivity contribution in [1.29, 1.82) is 0 Å². The van der Waals surface area contributed by atoms with Crippen molar-refractivity contribution in [3.05, 3.63) is 153 Å². The van der Waals surface area contributed by atoms with E-state index in [2.05, 4.69) is 47.9 Å². The third-order valence-corrected chi connectivity index (χ3v) is 20.6. The number of phenols is 3. The molecule has 0 aliphatic carbocycles. The maximum Gasteiger partial charge on any atom is 0.248 e. The molecule has 2 fully saturated rings. The van der Waals surface area contributed by atoms with E-state index in [4.69, 9.17) is 67.8 Å². The highest BCUT2D eigenvalue weighted by atomic mass is 35.5. The number of primary amides is 1. The fourth-order valence-corrected chi connectivity index (χ4v) is 14.4. The van der Waals surface area contributed by atoms with Gasteiger partial charge in [0, 0.05) is 48.3 Å². The number of aliphatic hydroxyl groups excluding tert-OH is 6. The van der Waals surface area contributed by atoms with Crippen LogP contribution in [0, 0.1) is 5.92 Å². The van der Waals surface area contributed by atoms with Gasteiger partial charge in [0.2, 0.25) is 65.2 Å². The van der Waals surface area contributed by atoms with Crippen molar-refractivity contribution in [2.45, 2.75) is 156 Å². The smallest absolute Gasteiger partial charge is 0.248 e. The number of nitrogens with two attached hydrogens (primary N) is 2. The summed E-state index contributed by atoms with van der Waals surface area (Å²) in [4.78, 5) is 133. The van der Waals surface area contributed by atoms with Gasteiger partial charge >= 0.3 is 0 Å². The van der Waals surface area contributed by atoms with E-state index in [-0.39, 0.29) is 59.3 Å². The van der Waals surface area contributed by atoms with E-state index in [1.807, 2.05) is 13.8 Å². The second-order valence-corrected chi connectivity index (χ2v) is 29.9. The number of hydrogen-bond donors (Lipinski definition) is 20. The quantitative estimate of drug-likeness (QED) is 0.0397. The molecule has 11 bridgehead atoms. The summed E-state index contributed by atoms with van der Waals surface area (Å²) in [6, 6.07) is 6.52. The molecule has 3 unspecified atom stereocenters. The summed E-state index contributed by atoms with van der Waals surface area (Å²) in [6.45, 7) is 5.07. The van der Waals surface area contributed by atoms with Crippen LogP contribution in [-0.2, 0) is 57.4 Å². The molecule has 7 aliphatic rings. The maximum absolute atomic E-state index is 16.3. The number of amides is 9.